The van der Waals surface area contributed by atoms with E-state index >= 15 is 0 Å². The van der Waals surface area contributed by atoms with Crippen molar-refractivity contribution in [3.05, 3.63) is 46.8 Å². The van der Waals surface area contributed by atoms with Crippen LogP contribution in [0.2, 0.25) is 0 Å². The average molecular weight is 354 g/mol. The van der Waals surface area contributed by atoms with Gasteiger partial charge in [-0.25, -0.2) is 4.79 Å². The lowest BCUT2D eigenvalue weighted by Gasteiger charge is -2.27. The minimum atomic E-state index is -0.241. The summed E-state index contributed by atoms with van der Waals surface area (Å²) in [7, 11) is 3.75. The zero-order valence-corrected chi connectivity index (χ0v) is 15.8. The highest BCUT2D eigenvalue weighted by atomic mass is 16.5. The number of aromatic nitrogens is 1. The summed E-state index contributed by atoms with van der Waals surface area (Å²) in [5.41, 5.74) is 6.06. The van der Waals surface area contributed by atoms with E-state index in [9.17, 15) is 4.79 Å². The molecule has 3 rings (SSSR count). The molecule has 0 aliphatic carbocycles. The molecule has 0 fully saturated rings. The van der Waals surface area contributed by atoms with Crippen molar-refractivity contribution in [3.8, 4) is 5.75 Å². The van der Waals surface area contributed by atoms with Crippen LogP contribution >= 0.6 is 0 Å². The number of fused-ring (bicyclic) bond motifs is 1. The standard InChI is InChI=1S/C20H26N4O2/c1-13-11-21-17(14(2)19(13)26-4)12-22-20(25)23-16-7-8-18-15(10-16)6-5-9-24(18)3/h7-8,10-11H,5-6,9,12H2,1-4H3,(H2,22,23,25). The molecule has 1 aromatic heterocycles. The molecule has 26 heavy (non-hydrogen) atoms. The summed E-state index contributed by atoms with van der Waals surface area (Å²) >= 11 is 0. The van der Waals surface area contributed by atoms with Crippen molar-refractivity contribution in [1.29, 1.82) is 0 Å². The zero-order valence-electron chi connectivity index (χ0n) is 15.8. The minimum Gasteiger partial charge on any atom is -0.496 e. The molecule has 6 nitrogen and oxygen atoms in total. The van der Waals surface area contributed by atoms with E-state index in [-0.39, 0.29) is 6.03 Å². The Bertz CT molecular complexity index is 820. The summed E-state index contributed by atoms with van der Waals surface area (Å²) in [5, 5.41) is 5.78. The predicted molar refractivity (Wildman–Crippen MR) is 104 cm³/mol. The van der Waals surface area contributed by atoms with Crippen molar-refractivity contribution in [1.82, 2.24) is 10.3 Å². The van der Waals surface area contributed by atoms with E-state index in [1.807, 2.05) is 19.9 Å². The van der Waals surface area contributed by atoms with E-state index in [1.165, 1.54) is 11.3 Å². The largest absolute Gasteiger partial charge is 0.496 e. The van der Waals surface area contributed by atoms with E-state index in [0.29, 0.717) is 6.54 Å². The van der Waals surface area contributed by atoms with Gasteiger partial charge in [-0.2, -0.15) is 0 Å². The Hall–Kier alpha value is -2.76. The van der Waals surface area contributed by atoms with Gasteiger partial charge < -0.3 is 20.3 Å². The summed E-state index contributed by atoms with van der Waals surface area (Å²) in [6, 6.07) is 5.83. The molecule has 0 radical (unpaired) electrons. The molecule has 2 aromatic rings. The maximum Gasteiger partial charge on any atom is 0.319 e. The van der Waals surface area contributed by atoms with Gasteiger partial charge in [-0.15, -0.1) is 0 Å². The van der Waals surface area contributed by atoms with Crippen molar-refractivity contribution >= 4 is 17.4 Å². The van der Waals surface area contributed by atoms with Crippen molar-refractivity contribution in [2.45, 2.75) is 33.2 Å². The highest BCUT2D eigenvalue weighted by Crippen LogP contribution is 2.28. The Kier molecular flexibility index (Phi) is 5.30. The lowest BCUT2D eigenvalue weighted by Crippen LogP contribution is -2.29. The van der Waals surface area contributed by atoms with Crippen molar-refractivity contribution < 1.29 is 9.53 Å². The van der Waals surface area contributed by atoms with Gasteiger partial charge in [0.15, 0.2) is 0 Å². The number of hydrogen-bond acceptors (Lipinski definition) is 4. The Labute approximate surface area is 154 Å². The van der Waals surface area contributed by atoms with Crippen LogP contribution in [0.4, 0.5) is 16.2 Å². The molecule has 0 saturated carbocycles. The fourth-order valence-corrected chi connectivity index (χ4v) is 3.45. The number of methoxy groups -OCH3 is 1. The van der Waals surface area contributed by atoms with Gasteiger partial charge in [0.2, 0.25) is 0 Å². The number of carbonyl (C=O) groups is 1. The Balaban J connectivity index is 1.63. The van der Waals surface area contributed by atoms with Crippen LogP contribution < -0.4 is 20.3 Å². The number of anilines is 2. The smallest absolute Gasteiger partial charge is 0.319 e. The SMILES string of the molecule is COc1c(C)cnc(CNC(=O)Nc2ccc3c(c2)CCCN3C)c1C. The average Bonchev–Trinajstić information content (AvgIpc) is 2.61. The predicted octanol–water partition coefficient (Wildman–Crippen LogP) is 3.41. The number of ether oxygens (including phenoxy) is 1. The monoisotopic (exact) mass is 354 g/mol. The maximum atomic E-state index is 12.3. The number of amides is 2. The third-order valence-corrected chi connectivity index (χ3v) is 4.85. The molecule has 0 spiro atoms. The molecule has 6 heteroatoms. The highest BCUT2D eigenvalue weighted by Gasteiger charge is 2.15. The molecule has 2 amide bonds. The summed E-state index contributed by atoms with van der Waals surface area (Å²) in [6.07, 6.45) is 3.95. The van der Waals surface area contributed by atoms with Crippen molar-refractivity contribution in [3.63, 3.8) is 0 Å². The van der Waals surface area contributed by atoms with Crippen LogP contribution in [0.15, 0.2) is 24.4 Å². The Morgan fingerprint density at radius 1 is 1.35 bits per heavy atom. The third kappa shape index (κ3) is 3.74. The first-order valence-electron chi connectivity index (χ1n) is 8.87. The van der Waals surface area contributed by atoms with Gasteiger partial charge in [-0.05, 0) is 50.5 Å². The van der Waals surface area contributed by atoms with Crippen LogP contribution in [0.1, 0.15) is 28.8 Å². The number of urea groups is 1. The van der Waals surface area contributed by atoms with Crippen LogP contribution in [0.3, 0.4) is 0 Å². The first-order valence-corrected chi connectivity index (χ1v) is 8.87. The number of hydrogen-bond donors (Lipinski definition) is 2. The Morgan fingerprint density at radius 2 is 2.15 bits per heavy atom. The van der Waals surface area contributed by atoms with Crippen molar-refractivity contribution in [2.24, 2.45) is 0 Å². The number of pyridine rings is 1. The third-order valence-electron chi connectivity index (χ3n) is 4.85. The molecule has 1 aromatic carbocycles. The fourth-order valence-electron chi connectivity index (χ4n) is 3.45. The number of nitrogens with zero attached hydrogens (tertiary/aromatic N) is 2. The minimum absolute atomic E-state index is 0.241. The van der Waals surface area contributed by atoms with Gasteiger partial charge in [0.05, 0.1) is 19.3 Å². The van der Waals surface area contributed by atoms with Crippen LogP contribution in [-0.4, -0.2) is 31.7 Å². The molecular formula is C20H26N4O2. The highest BCUT2D eigenvalue weighted by molar-refractivity contribution is 5.89. The molecule has 0 saturated heterocycles. The van der Waals surface area contributed by atoms with Gasteiger partial charge in [-0.1, -0.05) is 0 Å². The van der Waals surface area contributed by atoms with Crippen LogP contribution in [-0.2, 0) is 13.0 Å². The molecule has 2 N–H and O–H groups in total. The van der Waals surface area contributed by atoms with E-state index in [4.69, 9.17) is 4.74 Å². The molecule has 1 aliphatic heterocycles. The van der Waals surface area contributed by atoms with Crippen LogP contribution in [0, 0.1) is 13.8 Å². The van der Waals surface area contributed by atoms with Gasteiger partial charge >= 0.3 is 6.03 Å². The molecule has 1 aliphatic rings. The van der Waals surface area contributed by atoms with Gasteiger partial charge in [0.1, 0.15) is 5.75 Å². The number of carbonyl (C=O) groups excluding carboxylic acids is 1. The second kappa shape index (κ2) is 7.64. The number of nitrogens with one attached hydrogen (secondary N) is 2. The molecule has 0 unspecified atom stereocenters. The van der Waals surface area contributed by atoms with Gasteiger partial charge in [-0.3, -0.25) is 4.98 Å². The van der Waals surface area contributed by atoms with Gasteiger partial charge in [0.25, 0.3) is 0 Å². The lowest BCUT2D eigenvalue weighted by atomic mass is 10.0. The first-order chi connectivity index (χ1) is 12.5. The number of benzene rings is 1. The van der Waals surface area contributed by atoms with E-state index < -0.39 is 0 Å². The molecule has 0 bridgehead atoms. The summed E-state index contributed by atoms with van der Waals surface area (Å²) < 4.78 is 5.41. The quantitative estimate of drug-likeness (QED) is 0.883. The topological polar surface area (TPSA) is 66.5 Å². The summed E-state index contributed by atoms with van der Waals surface area (Å²) in [4.78, 5) is 18.9. The molecule has 138 valence electrons. The van der Waals surface area contributed by atoms with Crippen LogP contribution in [0.5, 0.6) is 5.75 Å². The maximum absolute atomic E-state index is 12.3. The second-order valence-corrected chi connectivity index (χ2v) is 6.72. The van der Waals surface area contributed by atoms with E-state index in [2.05, 4.69) is 39.7 Å². The van der Waals surface area contributed by atoms with E-state index in [1.54, 1.807) is 13.3 Å². The summed E-state index contributed by atoms with van der Waals surface area (Å²) in [6.45, 7) is 5.33. The lowest BCUT2D eigenvalue weighted by molar-refractivity contribution is 0.251. The number of rotatable bonds is 4. The first kappa shape index (κ1) is 18.0. The van der Waals surface area contributed by atoms with Gasteiger partial charge in [0, 0.05) is 42.3 Å². The zero-order chi connectivity index (χ0) is 18.7. The second-order valence-electron chi connectivity index (χ2n) is 6.72. The van der Waals surface area contributed by atoms with E-state index in [0.717, 1.165) is 47.6 Å². The molecule has 2 heterocycles. The summed E-state index contributed by atoms with van der Waals surface area (Å²) in [5.74, 6) is 0.816. The molecular weight excluding hydrogens is 328 g/mol. The van der Waals surface area contributed by atoms with Crippen molar-refractivity contribution in [2.75, 3.05) is 30.9 Å². The number of aryl methyl sites for hydroxylation is 2. The van der Waals surface area contributed by atoms with Crippen LogP contribution in [0.25, 0.3) is 0 Å². The fraction of sp³-hybridized carbons (Fsp3) is 0.400. The Morgan fingerprint density at radius 3 is 2.92 bits per heavy atom. The molecule has 0 atom stereocenters. The normalized spacial score (nSPS) is 13.2.